The molecule has 0 saturated carbocycles. The van der Waals surface area contributed by atoms with Gasteiger partial charge in [-0.1, -0.05) is 12.1 Å². The van der Waals surface area contributed by atoms with Crippen molar-refractivity contribution in [2.24, 2.45) is 4.99 Å². The molecule has 2 N–H and O–H groups in total. The van der Waals surface area contributed by atoms with Gasteiger partial charge in [0.15, 0.2) is 0 Å². The molecule has 0 aliphatic rings. The van der Waals surface area contributed by atoms with E-state index >= 15 is 0 Å². The summed E-state index contributed by atoms with van der Waals surface area (Å²) in [7, 11) is 0. The maximum Gasteiger partial charge on any atom is 0.124 e. The molecule has 3 nitrogen and oxygen atoms in total. The molecule has 0 aliphatic carbocycles. The summed E-state index contributed by atoms with van der Waals surface area (Å²) in [5, 5.41) is 18.4. The van der Waals surface area contributed by atoms with E-state index < -0.39 is 0 Å². The maximum absolute atomic E-state index is 9.52. The molecule has 14 heavy (non-hydrogen) atoms. The average molecular weight is 193 g/mol. The van der Waals surface area contributed by atoms with Crippen molar-refractivity contribution in [3.63, 3.8) is 0 Å². The molecule has 1 unspecified atom stereocenters. The van der Waals surface area contributed by atoms with Gasteiger partial charge in [0, 0.05) is 11.3 Å². The molecule has 0 amide bonds. The van der Waals surface area contributed by atoms with Crippen molar-refractivity contribution >= 4 is 5.71 Å². The number of phenolic OH excluding ortho intramolecular Hbond substituents is 1. The van der Waals surface area contributed by atoms with Gasteiger partial charge in [-0.2, -0.15) is 0 Å². The molecule has 0 spiro atoms. The highest BCUT2D eigenvalue weighted by Gasteiger charge is 2.04. The first kappa shape index (κ1) is 10.7. The van der Waals surface area contributed by atoms with Crippen LogP contribution >= 0.6 is 0 Å². The Bertz CT molecular complexity index is 334. The van der Waals surface area contributed by atoms with E-state index in [4.69, 9.17) is 5.11 Å². The van der Waals surface area contributed by atoms with Crippen molar-refractivity contribution in [2.45, 2.75) is 19.9 Å². The van der Waals surface area contributed by atoms with Crippen molar-refractivity contribution in [2.75, 3.05) is 6.61 Å². The lowest BCUT2D eigenvalue weighted by molar-refractivity contribution is 0.274. The third-order valence-corrected chi connectivity index (χ3v) is 1.97. The number of aromatic hydroxyl groups is 1. The largest absolute Gasteiger partial charge is 0.507 e. The molecule has 0 aromatic heterocycles. The highest BCUT2D eigenvalue weighted by molar-refractivity contribution is 6.01. The van der Waals surface area contributed by atoms with Crippen molar-refractivity contribution in [1.82, 2.24) is 0 Å². The standard InChI is InChI=1S/C11H15NO2/c1-8(7-13)12-9(2)10-5-3-4-6-11(10)14/h3-6,8,13-14H,7H2,1-2H3. The molecular formula is C11H15NO2. The highest BCUT2D eigenvalue weighted by Crippen LogP contribution is 2.16. The van der Waals surface area contributed by atoms with E-state index in [1.807, 2.05) is 19.9 Å². The minimum absolute atomic E-state index is 0.0188. The van der Waals surface area contributed by atoms with Crippen LogP contribution in [0.4, 0.5) is 0 Å². The molecule has 0 saturated heterocycles. The van der Waals surface area contributed by atoms with Crippen LogP contribution in [0.15, 0.2) is 29.3 Å². The van der Waals surface area contributed by atoms with Gasteiger partial charge in [0.05, 0.1) is 12.6 Å². The van der Waals surface area contributed by atoms with Gasteiger partial charge in [0.1, 0.15) is 5.75 Å². The van der Waals surface area contributed by atoms with Crippen LogP contribution in [0.1, 0.15) is 19.4 Å². The zero-order chi connectivity index (χ0) is 10.6. The number of nitrogens with zero attached hydrogens (tertiary/aromatic N) is 1. The van der Waals surface area contributed by atoms with Gasteiger partial charge in [-0.25, -0.2) is 0 Å². The quantitative estimate of drug-likeness (QED) is 0.716. The minimum Gasteiger partial charge on any atom is -0.507 e. The van der Waals surface area contributed by atoms with Crippen LogP contribution in [0.3, 0.4) is 0 Å². The predicted molar refractivity (Wildman–Crippen MR) is 56.9 cm³/mol. The molecule has 1 atom stereocenters. The molecule has 0 radical (unpaired) electrons. The lowest BCUT2D eigenvalue weighted by Crippen LogP contribution is -2.08. The van der Waals surface area contributed by atoms with E-state index in [-0.39, 0.29) is 18.4 Å². The number of aliphatic hydroxyl groups excluding tert-OH is 1. The molecule has 1 rings (SSSR count). The number of aliphatic hydroxyl groups is 1. The normalized spacial score (nSPS) is 14.1. The number of rotatable bonds is 3. The monoisotopic (exact) mass is 193 g/mol. The second-order valence-corrected chi connectivity index (χ2v) is 3.26. The third-order valence-electron chi connectivity index (χ3n) is 1.97. The predicted octanol–water partition coefficient (Wildman–Crippen LogP) is 1.58. The number of aliphatic imine (C=N–C) groups is 1. The summed E-state index contributed by atoms with van der Waals surface area (Å²) in [6, 6.07) is 6.91. The van der Waals surface area contributed by atoms with Crippen molar-refractivity contribution < 1.29 is 10.2 Å². The SMILES string of the molecule is CC(=NC(C)CO)c1ccccc1O. The van der Waals surface area contributed by atoms with Gasteiger partial charge in [0.2, 0.25) is 0 Å². The zero-order valence-corrected chi connectivity index (χ0v) is 8.44. The summed E-state index contributed by atoms with van der Waals surface area (Å²) >= 11 is 0. The Hall–Kier alpha value is -1.35. The Labute approximate surface area is 83.7 Å². The molecule has 1 aromatic rings. The van der Waals surface area contributed by atoms with Gasteiger partial charge < -0.3 is 10.2 Å². The van der Waals surface area contributed by atoms with E-state index in [0.29, 0.717) is 5.56 Å². The zero-order valence-electron chi connectivity index (χ0n) is 8.44. The van der Waals surface area contributed by atoms with E-state index in [1.54, 1.807) is 18.2 Å². The molecule has 0 aliphatic heterocycles. The average Bonchev–Trinajstić information content (AvgIpc) is 2.18. The Morgan fingerprint density at radius 3 is 2.64 bits per heavy atom. The lowest BCUT2D eigenvalue weighted by atomic mass is 10.1. The Balaban J connectivity index is 2.94. The van der Waals surface area contributed by atoms with Gasteiger partial charge in [0.25, 0.3) is 0 Å². The Morgan fingerprint density at radius 1 is 1.43 bits per heavy atom. The minimum atomic E-state index is -0.130. The van der Waals surface area contributed by atoms with Crippen LogP contribution < -0.4 is 0 Å². The van der Waals surface area contributed by atoms with Gasteiger partial charge in [-0.15, -0.1) is 0 Å². The van der Waals surface area contributed by atoms with Crippen LogP contribution in [0.5, 0.6) is 5.75 Å². The fourth-order valence-corrected chi connectivity index (χ4v) is 1.22. The van der Waals surface area contributed by atoms with E-state index in [1.165, 1.54) is 0 Å². The van der Waals surface area contributed by atoms with Crippen LogP contribution in [0.25, 0.3) is 0 Å². The van der Waals surface area contributed by atoms with Gasteiger partial charge >= 0.3 is 0 Å². The van der Waals surface area contributed by atoms with E-state index in [0.717, 1.165) is 5.71 Å². The lowest BCUT2D eigenvalue weighted by Gasteiger charge is -2.06. The maximum atomic E-state index is 9.52. The number of phenols is 1. The molecule has 0 bridgehead atoms. The first-order valence-electron chi connectivity index (χ1n) is 4.58. The van der Waals surface area contributed by atoms with Crippen molar-refractivity contribution in [3.05, 3.63) is 29.8 Å². The Kier molecular flexibility index (Phi) is 3.65. The molecular weight excluding hydrogens is 178 g/mol. The molecule has 76 valence electrons. The summed E-state index contributed by atoms with van der Waals surface area (Å²) in [6.07, 6.45) is 0. The van der Waals surface area contributed by atoms with Gasteiger partial charge in [-0.3, -0.25) is 4.99 Å². The second kappa shape index (κ2) is 4.77. The van der Waals surface area contributed by atoms with Crippen molar-refractivity contribution in [3.8, 4) is 5.75 Å². The summed E-state index contributed by atoms with van der Waals surface area (Å²) in [4.78, 5) is 4.23. The number of hydrogen-bond donors (Lipinski definition) is 2. The number of para-hydroxylation sites is 1. The fraction of sp³-hybridized carbons (Fsp3) is 0.364. The topological polar surface area (TPSA) is 52.8 Å². The molecule has 1 aromatic carbocycles. The van der Waals surface area contributed by atoms with Crippen LogP contribution in [-0.2, 0) is 0 Å². The molecule has 3 heteroatoms. The first-order chi connectivity index (χ1) is 6.65. The smallest absolute Gasteiger partial charge is 0.124 e. The second-order valence-electron chi connectivity index (χ2n) is 3.26. The van der Waals surface area contributed by atoms with E-state index in [9.17, 15) is 5.11 Å². The Morgan fingerprint density at radius 2 is 2.07 bits per heavy atom. The molecule has 0 heterocycles. The van der Waals surface area contributed by atoms with E-state index in [2.05, 4.69) is 4.99 Å². The van der Waals surface area contributed by atoms with Crippen molar-refractivity contribution in [1.29, 1.82) is 0 Å². The fourth-order valence-electron chi connectivity index (χ4n) is 1.22. The summed E-state index contributed by atoms with van der Waals surface area (Å²) in [5.74, 6) is 0.221. The van der Waals surface area contributed by atoms with Gasteiger partial charge in [-0.05, 0) is 26.0 Å². The summed E-state index contributed by atoms with van der Waals surface area (Å²) < 4.78 is 0. The summed E-state index contributed by atoms with van der Waals surface area (Å²) in [5.41, 5.74) is 1.46. The molecule has 0 fully saturated rings. The highest BCUT2D eigenvalue weighted by atomic mass is 16.3. The number of benzene rings is 1. The first-order valence-corrected chi connectivity index (χ1v) is 4.58. The van der Waals surface area contributed by atoms with Crippen LogP contribution in [0, 0.1) is 0 Å². The summed E-state index contributed by atoms with van der Waals surface area (Å²) in [6.45, 7) is 3.66. The van der Waals surface area contributed by atoms with Crippen LogP contribution in [-0.4, -0.2) is 28.6 Å². The van der Waals surface area contributed by atoms with Crippen LogP contribution in [0.2, 0.25) is 0 Å². The number of hydrogen-bond acceptors (Lipinski definition) is 3. The third kappa shape index (κ3) is 2.57.